The largest absolute Gasteiger partial charge is 0.497 e. The van der Waals surface area contributed by atoms with Crippen molar-refractivity contribution in [1.82, 2.24) is 0 Å². The van der Waals surface area contributed by atoms with Gasteiger partial charge in [-0.05, 0) is 49.2 Å². The van der Waals surface area contributed by atoms with Crippen LogP contribution in [-0.2, 0) is 0 Å². The van der Waals surface area contributed by atoms with Gasteiger partial charge in [0.25, 0.3) is 0 Å². The Balaban J connectivity index is 2.25. The van der Waals surface area contributed by atoms with Gasteiger partial charge in [0, 0.05) is 6.07 Å². The van der Waals surface area contributed by atoms with Crippen molar-refractivity contribution in [3.05, 3.63) is 47.5 Å². The highest BCUT2D eigenvalue weighted by molar-refractivity contribution is 5.73. The second-order valence-corrected chi connectivity index (χ2v) is 5.44. The minimum absolute atomic E-state index is 0.111. The van der Waals surface area contributed by atoms with Crippen LogP contribution in [0.4, 0.5) is 5.69 Å². The summed E-state index contributed by atoms with van der Waals surface area (Å²) < 4.78 is 16.2. The van der Waals surface area contributed by atoms with Gasteiger partial charge in [-0.25, -0.2) is 0 Å². The van der Waals surface area contributed by atoms with Crippen LogP contribution in [0.5, 0.6) is 17.2 Å². The van der Waals surface area contributed by atoms with E-state index in [1.165, 1.54) is 0 Å². The average molecular weight is 313 g/mol. The molecule has 0 aromatic heterocycles. The zero-order chi connectivity index (χ0) is 16.8. The molecule has 0 atom stereocenters. The molecule has 2 rings (SSSR count). The van der Waals surface area contributed by atoms with Crippen LogP contribution in [0.1, 0.15) is 25.0 Å². The third-order valence-corrected chi connectivity index (χ3v) is 3.23. The lowest BCUT2D eigenvalue weighted by Crippen LogP contribution is -2.05. The smallest absolute Gasteiger partial charge is 0.141 e. The van der Waals surface area contributed by atoms with Gasteiger partial charge in [-0.3, -0.25) is 0 Å². The van der Waals surface area contributed by atoms with Crippen molar-refractivity contribution in [1.29, 1.82) is 0 Å². The molecule has 0 saturated carbocycles. The average Bonchev–Trinajstić information content (AvgIpc) is 2.52. The molecule has 2 aromatic carbocycles. The minimum atomic E-state index is 0.111. The fourth-order valence-corrected chi connectivity index (χ4v) is 2.20. The summed E-state index contributed by atoms with van der Waals surface area (Å²) in [6.45, 7) is 3.99. The third kappa shape index (κ3) is 4.68. The van der Waals surface area contributed by atoms with Crippen LogP contribution in [0.15, 0.2) is 36.4 Å². The monoisotopic (exact) mass is 313 g/mol. The number of methoxy groups -OCH3 is 2. The van der Waals surface area contributed by atoms with E-state index < -0.39 is 0 Å². The molecule has 4 nitrogen and oxygen atoms in total. The zero-order valence-electron chi connectivity index (χ0n) is 14.0. The molecule has 4 heteroatoms. The van der Waals surface area contributed by atoms with E-state index in [4.69, 9.17) is 19.9 Å². The molecule has 0 amide bonds. The van der Waals surface area contributed by atoms with Gasteiger partial charge >= 0.3 is 0 Å². The molecule has 0 spiro atoms. The predicted octanol–water partition coefficient (Wildman–Crippen LogP) is 4.24. The lowest BCUT2D eigenvalue weighted by atomic mass is 10.1. The zero-order valence-corrected chi connectivity index (χ0v) is 14.0. The van der Waals surface area contributed by atoms with E-state index in [0.29, 0.717) is 11.4 Å². The van der Waals surface area contributed by atoms with Crippen molar-refractivity contribution in [3.63, 3.8) is 0 Å². The molecule has 0 aliphatic rings. The number of ether oxygens (including phenoxy) is 3. The first kappa shape index (κ1) is 16.7. The van der Waals surface area contributed by atoms with Gasteiger partial charge in [0.1, 0.15) is 17.2 Å². The van der Waals surface area contributed by atoms with E-state index in [0.717, 1.165) is 22.6 Å². The molecule has 0 saturated heterocycles. The molecule has 122 valence electrons. The van der Waals surface area contributed by atoms with Crippen LogP contribution in [0.2, 0.25) is 0 Å². The number of benzene rings is 2. The van der Waals surface area contributed by atoms with Crippen molar-refractivity contribution in [3.8, 4) is 17.2 Å². The summed E-state index contributed by atoms with van der Waals surface area (Å²) in [6, 6.07) is 11.5. The molecule has 0 bridgehead atoms. The van der Waals surface area contributed by atoms with Gasteiger partial charge in [0.05, 0.1) is 26.0 Å². The Morgan fingerprint density at radius 3 is 2.17 bits per heavy atom. The van der Waals surface area contributed by atoms with E-state index in [-0.39, 0.29) is 6.10 Å². The quantitative estimate of drug-likeness (QED) is 0.640. The Labute approximate surface area is 137 Å². The lowest BCUT2D eigenvalue weighted by molar-refractivity contribution is 0.241. The highest BCUT2D eigenvalue weighted by atomic mass is 16.5. The van der Waals surface area contributed by atoms with Crippen LogP contribution >= 0.6 is 0 Å². The Hall–Kier alpha value is -2.62. The van der Waals surface area contributed by atoms with E-state index in [2.05, 4.69) is 0 Å². The first-order chi connectivity index (χ1) is 11.0. The second-order valence-electron chi connectivity index (χ2n) is 5.44. The molecular formula is C19H23NO3. The molecule has 0 radical (unpaired) electrons. The van der Waals surface area contributed by atoms with Gasteiger partial charge in [-0.15, -0.1) is 0 Å². The highest BCUT2D eigenvalue weighted by Gasteiger charge is 2.03. The number of anilines is 1. The molecule has 0 fully saturated rings. The number of nitrogen functional groups attached to an aromatic ring is 1. The number of hydrogen-bond donors (Lipinski definition) is 1. The van der Waals surface area contributed by atoms with E-state index in [9.17, 15) is 0 Å². The second kappa shape index (κ2) is 7.58. The maximum atomic E-state index is 5.93. The molecule has 0 heterocycles. The van der Waals surface area contributed by atoms with E-state index >= 15 is 0 Å². The van der Waals surface area contributed by atoms with Crippen LogP contribution in [0.25, 0.3) is 12.2 Å². The summed E-state index contributed by atoms with van der Waals surface area (Å²) >= 11 is 0. The maximum Gasteiger partial charge on any atom is 0.141 e. The van der Waals surface area contributed by atoms with Crippen LogP contribution in [0, 0.1) is 0 Å². The van der Waals surface area contributed by atoms with Crippen molar-refractivity contribution in [2.24, 2.45) is 0 Å². The van der Waals surface area contributed by atoms with Crippen LogP contribution in [0.3, 0.4) is 0 Å². The fraction of sp³-hybridized carbons (Fsp3) is 0.263. The van der Waals surface area contributed by atoms with Crippen molar-refractivity contribution < 1.29 is 14.2 Å². The summed E-state index contributed by atoms with van der Waals surface area (Å²) in [6.07, 6.45) is 4.10. The summed E-state index contributed by atoms with van der Waals surface area (Å²) in [5, 5.41) is 0. The fourth-order valence-electron chi connectivity index (χ4n) is 2.20. The number of rotatable bonds is 6. The standard InChI is InChI=1S/C19H23NO3/c1-13(2)23-17-10-15(9-16(12-17)21-3)6-5-14-7-8-19(22-4)18(20)11-14/h5-13H,20H2,1-4H3. The molecule has 0 aliphatic carbocycles. The maximum absolute atomic E-state index is 5.93. The third-order valence-electron chi connectivity index (χ3n) is 3.23. The van der Waals surface area contributed by atoms with Gasteiger partial charge in [0.2, 0.25) is 0 Å². The first-order valence-electron chi connectivity index (χ1n) is 7.49. The van der Waals surface area contributed by atoms with Gasteiger partial charge < -0.3 is 19.9 Å². The molecule has 0 unspecified atom stereocenters. The van der Waals surface area contributed by atoms with Crippen molar-refractivity contribution in [2.45, 2.75) is 20.0 Å². The van der Waals surface area contributed by atoms with Crippen LogP contribution < -0.4 is 19.9 Å². The Morgan fingerprint density at radius 1 is 0.870 bits per heavy atom. The Kier molecular flexibility index (Phi) is 5.52. The van der Waals surface area contributed by atoms with E-state index in [1.807, 2.05) is 62.4 Å². The minimum Gasteiger partial charge on any atom is -0.497 e. The van der Waals surface area contributed by atoms with Gasteiger partial charge in [-0.2, -0.15) is 0 Å². The van der Waals surface area contributed by atoms with Gasteiger partial charge in [-0.1, -0.05) is 18.2 Å². The molecular weight excluding hydrogens is 290 g/mol. The SMILES string of the molecule is COc1cc(C=Cc2ccc(OC)c(N)c2)cc(OC(C)C)c1. The molecule has 0 aliphatic heterocycles. The van der Waals surface area contributed by atoms with Crippen LogP contribution in [-0.4, -0.2) is 20.3 Å². The van der Waals surface area contributed by atoms with E-state index in [1.54, 1.807) is 14.2 Å². The Morgan fingerprint density at radius 2 is 1.57 bits per heavy atom. The lowest BCUT2D eigenvalue weighted by Gasteiger charge is -2.12. The summed E-state index contributed by atoms with van der Waals surface area (Å²) in [7, 11) is 3.25. The molecule has 23 heavy (non-hydrogen) atoms. The molecule has 2 aromatic rings. The summed E-state index contributed by atoms with van der Waals surface area (Å²) in [4.78, 5) is 0. The number of hydrogen-bond acceptors (Lipinski definition) is 4. The first-order valence-corrected chi connectivity index (χ1v) is 7.49. The number of nitrogens with two attached hydrogens (primary N) is 1. The van der Waals surface area contributed by atoms with Crippen molar-refractivity contribution in [2.75, 3.05) is 20.0 Å². The Bertz CT molecular complexity index is 693. The highest BCUT2D eigenvalue weighted by Crippen LogP contribution is 2.26. The normalized spacial score (nSPS) is 11.0. The summed E-state index contributed by atoms with van der Waals surface area (Å²) in [5.41, 5.74) is 8.53. The van der Waals surface area contributed by atoms with Crippen molar-refractivity contribution >= 4 is 17.8 Å². The predicted molar refractivity (Wildman–Crippen MR) is 95.1 cm³/mol. The summed E-state index contributed by atoms with van der Waals surface area (Å²) in [5.74, 6) is 2.22. The topological polar surface area (TPSA) is 53.7 Å². The van der Waals surface area contributed by atoms with Gasteiger partial charge in [0.15, 0.2) is 0 Å². The molecule has 2 N–H and O–H groups in total.